The number of nitrogens with zero attached hydrogens (tertiary/aromatic N) is 2. The maximum absolute atomic E-state index is 14.2. The van der Waals surface area contributed by atoms with Gasteiger partial charge in [-0.05, 0) is 95.9 Å². The number of hydrogen-bond donors (Lipinski definition) is 0. The first-order valence-corrected chi connectivity index (χ1v) is 17.1. The maximum atomic E-state index is 14.2. The molecule has 3 aromatic carbocycles. The van der Waals surface area contributed by atoms with Crippen LogP contribution < -0.4 is 33.8 Å². The highest BCUT2D eigenvalue weighted by Crippen LogP contribution is 2.38. The van der Waals surface area contributed by atoms with E-state index in [4.69, 9.17) is 23.7 Å². The predicted molar refractivity (Wildman–Crippen MR) is 187 cm³/mol. The fourth-order valence-corrected chi connectivity index (χ4v) is 6.90. The lowest BCUT2D eigenvalue weighted by atomic mass is 9.95. The Balaban J connectivity index is 1.58. The Hall–Kier alpha value is -4.95. The van der Waals surface area contributed by atoms with Crippen molar-refractivity contribution >= 4 is 45.3 Å². The second-order valence-electron chi connectivity index (χ2n) is 10.8. The first-order chi connectivity index (χ1) is 24.1. The third kappa shape index (κ3) is 7.92. The third-order valence-electron chi connectivity index (χ3n) is 7.50. The number of benzene rings is 3. The molecule has 262 valence electrons. The zero-order valence-corrected chi connectivity index (χ0v) is 30.3. The van der Waals surface area contributed by atoms with E-state index in [1.165, 1.54) is 30.9 Å². The second kappa shape index (κ2) is 16.2. The lowest BCUT2D eigenvalue weighted by Crippen LogP contribution is -2.40. The van der Waals surface area contributed by atoms with Crippen LogP contribution in [0.1, 0.15) is 43.5 Å². The molecule has 11 nitrogen and oxygen atoms in total. The van der Waals surface area contributed by atoms with Crippen LogP contribution in [-0.2, 0) is 25.7 Å². The molecule has 0 N–H and O–H groups in total. The Morgan fingerprint density at radius 3 is 2.50 bits per heavy atom. The molecule has 0 aliphatic carbocycles. The minimum absolute atomic E-state index is 0.107. The van der Waals surface area contributed by atoms with Gasteiger partial charge in [-0.3, -0.25) is 9.36 Å². The van der Waals surface area contributed by atoms with Crippen molar-refractivity contribution in [1.82, 2.24) is 4.57 Å². The summed E-state index contributed by atoms with van der Waals surface area (Å²) >= 11 is 4.71. The number of hydrogen-bond acceptors (Lipinski definition) is 11. The lowest BCUT2D eigenvalue weighted by molar-refractivity contribution is -0.143. The normalized spacial score (nSPS) is 14.1. The SMILES string of the molecule is CCOC(=O)C1=C(C)N=c2s/c(=C\c3cc(Br)c(OCc4cccc(F)c4)c(OC)c3)c(=O)n2[C@H]1c1ccc(OCC(=O)OC)c(OCC)c1. The van der Waals surface area contributed by atoms with Gasteiger partial charge in [-0.25, -0.2) is 19.0 Å². The van der Waals surface area contributed by atoms with Crippen LogP contribution in [0.5, 0.6) is 23.0 Å². The molecule has 0 saturated heterocycles. The Labute approximate surface area is 299 Å². The number of halogens is 2. The molecule has 1 atom stereocenters. The fourth-order valence-electron chi connectivity index (χ4n) is 5.28. The van der Waals surface area contributed by atoms with Crippen LogP contribution in [0.2, 0.25) is 0 Å². The van der Waals surface area contributed by atoms with Crippen LogP contribution >= 0.6 is 27.3 Å². The average molecular weight is 770 g/mol. The molecule has 0 amide bonds. The number of carbonyl (C=O) groups excluding carboxylic acids is 2. The van der Waals surface area contributed by atoms with Crippen molar-refractivity contribution in [3.8, 4) is 23.0 Å². The summed E-state index contributed by atoms with van der Waals surface area (Å²) in [5, 5.41) is 0. The molecule has 4 aromatic rings. The van der Waals surface area contributed by atoms with E-state index in [2.05, 4.69) is 25.7 Å². The van der Waals surface area contributed by atoms with Gasteiger partial charge in [-0.2, -0.15) is 0 Å². The summed E-state index contributed by atoms with van der Waals surface area (Å²) in [6.45, 7) is 5.37. The molecule has 14 heteroatoms. The summed E-state index contributed by atoms with van der Waals surface area (Å²) in [4.78, 5) is 44.4. The summed E-state index contributed by atoms with van der Waals surface area (Å²) in [7, 11) is 2.76. The Morgan fingerprint density at radius 1 is 1.00 bits per heavy atom. The number of aromatic nitrogens is 1. The molecule has 2 heterocycles. The molecule has 0 radical (unpaired) electrons. The Bertz CT molecular complexity index is 2140. The van der Waals surface area contributed by atoms with Gasteiger partial charge in [0, 0.05) is 0 Å². The van der Waals surface area contributed by atoms with Gasteiger partial charge in [0.1, 0.15) is 12.4 Å². The number of fused-ring (bicyclic) bond motifs is 1. The van der Waals surface area contributed by atoms with Crippen molar-refractivity contribution in [3.05, 3.63) is 113 Å². The van der Waals surface area contributed by atoms with E-state index in [0.717, 1.165) is 11.3 Å². The largest absolute Gasteiger partial charge is 0.493 e. The van der Waals surface area contributed by atoms with E-state index in [1.54, 1.807) is 69.3 Å². The number of thiazole rings is 1. The fraction of sp³-hybridized carbons (Fsp3) is 0.278. The molecule has 0 fully saturated rings. The smallest absolute Gasteiger partial charge is 0.343 e. The first kappa shape index (κ1) is 36.3. The van der Waals surface area contributed by atoms with Crippen LogP contribution in [0.4, 0.5) is 4.39 Å². The predicted octanol–water partition coefficient (Wildman–Crippen LogP) is 5.24. The zero-order chi connectivity index (χ0) is 35.9. The van der Waals surface area contributed by atoms with Gasteiger partial charge >= 0.3 is 11.9 Å². The molecule has 0 spiro atoms. The monoisotopic (exact) mass is 768 g/mol. The molecule has 50 heavy (non-hydrogen) atoms. The molecule has 1 aromatic heterocycles. The highest BCUT2D eigenvalue weighted by Gasteiger charge is 2.34. The number of esters is 2. The van der Waals surface area contributed by atoms with Crippen LogP contribution in [0.15, 0.2) is 80.1 Å². The van der Waals surface area contributed by atoms with E-state index in [9.17, 15) is 18.8 Å². The number of carbonyl (C=O) groups is 2. The van der Waals surface area contributed by atoms with E-state index in [-0.39, 0.29) is 43.6 Å². The Kier molecular flexibility index (Phi) is 11.8. The van der Waals surface area contributed by atoms with Crippen molar-refractivity contribution in [2.45, 2.75) is 33.4 Å². The number of methoxy groups -OCH3 is 2. The molecular formula is C36H34BrFN2O9S. The van der Waals surface area contributed by atoms with Gasteiger partial charge in [0.25, 0.3) is 5.56 Å². The van der Waals surface area contributed by atoms with Gasteiger partial charge in [-0.15, -0.1) is 0 Å². The minimum Gasteiger partial charge on any atom is -0.493 e. The van der Waals surface area contributed by atoms with E-state index < -0.39 is 23.5 Å². The topological polar surface area (TPSA) is 124 Å². The standard InChI is InChI=1S/C36H34BrFN2O9S/c1-6-46-27-17-23(11-12-26(27)48-19-30(41)45-5)32-31(35(43)47-7-2)20(3)39-36-40(32)34(42)29(50-36)16-22-14-25(37)33(28(15-22)44-4)49-18-21-9-8-10-24(38)13-21/h8-17,32H,6-7,18-19H2,1-5H3/b29-16-/t32-/m0/s1. The zero-order valence-electron chi connectivity index (χ0n) is 27.9. The van der Waals surface area contributed by atoms with Crippen molar-refractivity contribution in [1.29, 1.82) is 0 Å². The van der Waals surface area contributed by atoms with Crippen LogP contribution in [0.25, 0.3) is 6.08 Å². The third-order valence-corrected chi connectivity index (χ3v) is 9.07. The molecule has 0 saturated carbocycles. The maximum Gasteiger partial charge on any atom is 0.343 e. The summed E-state index contributed by atoms with van der Waals surface area (Å²) in [5.74, 6) is -0.139. The van der Waals surface area contributed by atoms with Gasteiger partial charge in [0.15, 0.2) is 34.4 Å². The average Bonchev–Trinajstić information content (AvgIpc) is 3.39. The van der Waals surface area contributed by atoms with Gasteiger partial charge in [0.05, 0.1) is 53.8 Å². The Morgan fingerprint density at radius 2 is 1.80 bits per heavy atom. The van der Waals surface area contributed by atoms with Crippen molar-refractivity contribution < 1.29 is 42.4 Å². The molecule has 0 bridgehead atoms. The minimum atomic E-state index is -0.916. The molecule has 1 aliphatic rings. The lowest BCUT2D eigenvalue weighted by Gasteiger charge is -2.25. The van der Waals surface area contributed by atoms with E-state index >= 15 is 0 Å². The van der Waals surface area contributed by atoms with Crippen molar-refractivity contribution in [2.75, 3.05) is 34.0 Å². The van der Waals surface area contributed by atoms with Gasteiger partial charge in [-0.1, -0.05) is 29.5 Å². The molecule has 0 unspecified atom stereocenters. The molecule has 1 aliphatic heterocycles. The summed E-state index contributed by atoms with van der Waals surface area (Å²) in [6.07, 6.45) is 1.70. The molecule has 5 rings (SSSR count). The van der Waals surface area contributed by atoms with Gasteiger partial charge < -0.3 is 28.4 Å². The molecular weight excluding hydrogens is 735 g/mol. The quantitative estimate of drug-likeness (QED) is 0.168. The highest BCUT2D eigenvalue weighted by molar-refractivity contribution is 9.10. The van der Waals surface area contributed by atoms with E-state index in [0.29, 0.717) is 53.4 Å². The second-order valence-corrected chi connectivity index (χ2v) is 12.6. The summed E-state index contributed by atoms with van der Waals surface area (Å²) in [5.41, 5.74) is 2.01. The van der Waals surface area contributed by atoms with Crippen molar-refractivity contribution in [2.24, 2.45) is 4.99 Å². The highest BCUT2D eigenvalue weighted by atomic mass is 79.9. The van der Waals surface area contributed by atoms with Gasteiger partial charge in [0.2, 0.25) is 0 Å². The van der Waals surface area contributed by atoms with Crippen LogP contribution in [-0.4, -0.2) is 50.5 Å². The number of allylic oxidation sites excluding steroid dienone is 1. The summed E-state index contributed by atoms with van der Waals surface area (Å²) < 4.78 is 49.2. The van der Waals surface area contributed by atoms with Crippen molar-refractivity contribution in [3.63, 3.8) is 0 Å². The number of rotatable bonds is 13. The number of ether oxygens (including phenoxy) is 6. The van der Waals surface area contributed by atoms with Crippen LogP contribution in [0, 0.1) is 5.82 Å². The summed E-state index contributed by atoms with van der Waals surface area (Å²) in [6, 6.07) is 13.7. The van der Waals surface area contributed by atoms with Crippen LogP contribution in [0.3, 0.4) is 0 Å². The first-order valence-electron chi connectivity index (χ1n) is 15.5. The van der Waals surface area contributed by atoms with E-state index in [1.807, 2.05) is 0 Å².